The number of phenolic OH excluding ortho intramolecular Hbond substituents is 1. The van der Waals surface area contributed by atoms with E-state index in [9.17, 15) is 0 Å². The normalized spacial score (nSPS) is 11.6. The van der Waals surface area contributed by atoms with Gasteiger partial charge in [-0.2, -0.15) is 0 Å². The number of phenols is 1. The van der Waals surface area contributed by atoms with Gasteiger partial charge in [0.1, 0.15) is 5.75 Å². The number of rotatable bonds is 0. The second-order valence-corrected chi connectivity index (χ2v) is 5.34. The minimum absolute atomic E-state index is 0.174. The van der Waals surface area contributed by atoms with Gasteiger partial charge in [0.05, 0.1) is 0 Å². The van der Waals surface area contributed by atoms with Crippen LogP contribution in [0.2, 0.25) is 0 Å². The Balaban J connectivity index is 0.000000385. The highest BCUT2D eigenvalue weighted by Gasteiger charge is 2.12. The Labute approximate surface area is 94.6 Å². The van der Waals surface area contributed by atoms with Crippen LogP contribution < -0.4 is 0 Å². The molecule has 0 aromatic heterocycles. The zero-order chi connectivity index (χ0) is 13.0. The first-order chi connectivity index (χ1) is 7.00. The molecule has 0 fully saturated rings. The van der Waals surface area contributed by atoms with Gasteiger partial charge in [0.2, 0.25) is 0 Å². The number of phosphoric acid groups is 1. The third-order valence-electron chi connectivity index (χ3n) is 1.73. The van der Waals surface area contributed by atoms with Crippen LogP contribution >= 0.6 is 7.82 Å². The highest BCUT2D eigenvalue weighted by atomic mass is 31.2. The molecule has 0 unspecified atom stereocenters. The van der Waals surface area contributed by atoms with Crippen molar-refractivity contribution in [3.63, 3.8) is 0 Å². The summed E-state index contributed by atoms with van der Waals surface area (Å²) in [6, 6.07) is 7.35. The molecule has 0 bridgehead atoms. The second-order valence-electron chi connectivity index (χ2n) is 4.31. The molecule has 5 nitrogen and oxygen atoms in total. The fraction of sp³-hybridized carbons (Fsp3) is 0.400. The summed E-state index contributed by atoms with van der Waals surface area (Å²) in [4.78, 5) is 21.6. The SMILES string of the molecule is CC(C)(C)c1ccc(O)cc1.O=P(O)(O)O. The predicted octanol–water partition coefficient (Wildman–Crippen LogP) is 1.76. The summed E-state index contributed by atoms with van der Waals surface area (Å²) in [7, 11) is -4.64. The van der Waals surface area contributed by atoms with Crippen molar-refractivity contribution in [2.24, 2.45) is 0 Å². The Bertz CT molecular complexity index is 352. The van der Waals surface area contributed by atoms with Crippen LogP contribution in [-0.4, -0.2) is 19.8 Å². The molecule has 0 saturated heterocycles. The molecule has 0 amide bonds. The maximum absolute atomic E-state index is 9.02. The first-order valence-electron chi connectivity index (χ1n) is 4.58. The van der Waals surface area contributed by atoms with E-state index in [1.807, 2.05) is 12.1 Å². The summed E-state index contributed by atoms with van der Waals surface area (Å²) < 4.78 is 8.88. The average molecular weight is 248 g/mol. The maximum Gasteiger partial charge on any atom is 0.466 e. The first kappa shape index (κ1) is 15.1. The monoisotopic (exact) mass is 248 g/mol. The topological polar surface area (TPSA) is 98.0 Å². The lowest BCUT2D eigenvalue weighted by Crippen LogP contribution is -2.10. The highest BCUT2D eigenvalue weighted by Crippen LogP contribution is 2.25. The van der Waals surface area contributed by atoms with Gasteiger partial charge in [-0.1, -0.05) is 32.9 Å². The molecule has 6 heteroatoms. The second kappa shape index (κ2) is 5.46. The zero-order valence-corrected chi connectivity index (χ0v) is 10.3. The molecule has 0 aliphatic carbocycles. The summed E-state index contributed by atoms with van der Waals surface area (Å²) in [5.41, 5.74) is 1.42. The molecule has 0 atom stereocenters. The van der Waals surface area contributed by atoms with E-state index in [1.54, 1.807) is 12.1 Å². The van der Waals surface area contributed by atoms with Crippen molar-refractivity contribution in [1.82, 2.24) is 0 Å². The molecular formula is C10H17O5P. The smallest absolute Gasteiger partial charge is 0.466 e. The van der Waals surface area contributed by atoms with Gasteiger partial charge in [-0.05, 0) is 23.1 Å². The summed E-state index contributed by atoms with van der Waals surface area (Å²) in [5.74, 6) is 0.331. The number of hydrogen-bond donors (Lipinski definition) is 4. The molecule has 0 heterocycles. The molecule has 0 aliphatic rings. The molecule has 0 aliphatic heterocycles. The van der Waals surface area contributed by atoms with Gasteiger partial charge in [-0.3, -0.25) is 0 Å². The Morgan fingerprint density at radius 3 is 1.56 bits per heavy atom. The molecule has 16 heavy (non-hydrogen) atoms. The standard InChI is InChI=1S/C10H14O.H3O4P/c1-10(2,3)8-4-6-9(11)7-5-8;1-5(2,3)4/h4-7,11H,1-3H3;(H3,1,2,3,4). The van der Waals surface area contributed by atoms with Gasteiger partial charge >= 0.3 is 7.82 Å². The first-order valence-corrected chi connectivity index (χ1v) is 6.14. The zero-order valence-electron chi connectivity index (χ0n) is 9.45. The van der Waals surface area contributed by atoms with Crippen molar-refractivity contribution in [2.45, 2.75) is 26.2 Å². The van der Waals surface area contributed by atoms with Crippen LogP contribution in [0.15, 0.2) is 24.3 Å². The lowest BCUT2D eigenvalue weighted by molar-refractivity contribution is 0.275. The van der Waals surface area contributed by atoms with Gasteiger partial charge in [0.25, 0.3) is 0 Å². The van der Waals surface area contributed by atoms with E-state index in [4.69, 9.17) is 24.4 Å². The van der Waals surface area contributed by atoms with Gasteiger partial charge in [0.15, 0.2) is 0 Å². The summed E-state index contributed by atoms with van der Waals surface area (Å²) in [6.45, 7) is 6.46. The molecule has 1 aromatic rings. The van der Waals surface area contributed by atoms with Crippen molar-refractivity contribution >= 4 is 7.82 Å². The third kappa shape index (κ3) is 8.44. The Morgan fingerprint density at radius 2 is 1.31 bits per heavy atom. The lowest BCUT2D eigenvalue weighted by atomic mass is 9.87. The highest BCUT2D eigenvalue weighted by molar-refractivity contribution is 7.45. The fourth-order valence-corrected chi connectivity index (χ4v) is 0.961. The van der Waals surface area contributed by atoms with Crippen LogP contribution in [0.4, 0.5) is 0 Å². The molecule has 0 radical (unpaired) electrons. The molecule has 1 rings (SSSR count). The van der Waals surface area contributed by atoms with Crippen LogP contribution in [0.25, 0.3) is 0 Å². The fourth-order valence-electron chi connectivity index (χ4n) is 0.961. The minimum atomic E-state index is -4.64. The Hall–Kier alpha value is -0.870. The van der Waals surface area contributed by atoms with E-state index in [-0.39, 0.29) is 5.41 Å². The Morgan fingerprint density at radius 1 is 1.00 bits per heavy atom. The van der Waals surface area contributed by atoms with Crippen molar-refractivity contribution < 1.29 is 24.4 Å². The molecule has 4 N–H and O–H groups in total. The molecular weight excluding hydrogens is 231 g/mol. The Kier molecular flexibility index (Phi) is 5.16. The van der Waals surface area contributed by atoms with Gasteiger partial charge in [-0.25, -0.2) is 4.57 Å². The van der Waals surface area contributed by atoms with E-state index in [0.717, 1.165) is 0 Å². The van der Waals surface area contributed by atoms with E-state index in [2.05, 4.69) is 20.8 Å². The van der Waals surface area contributed by atoms with Crippen LogP contribution in [0.5, 0.6) is 5.75 Å². The number of aromatic hydroxyl groups is 1. The summed E-state index contributed by atoms with van der Waals surface area (Å²) in [5, 5.41) is 9.02. The van der Waals surface area contributed by atoms with Crippen LogP contribution in [0.3, 0.4) is 0 Å². The number of benzene rings is 1. The van der Waals surface area contributed by atoms with Gasteiger partial charge < -0.3 is 19.8 Å². The van der Waals surface area contributed by atoms with Crippen molar-refractivity contribution in [3.05, 3.63) is 29.8 Å². The lowest BCUT2D eigenvalue weighted by Gasteiger charge is -2.18. The summed E-state index contributed by atoms with van der Waals surface area (Å²) in [6.07, 6.45) is 0. The number of hydrogen-bond acceptors (Lipinski definition) is 2. The maximum atomic E-state index is 9.02. The van der Waals surface area contributed by atoms with E-state index in [0.29, 0.717) is 5.75 Å². The third-order valence-corrected chi connectivity index (χ3v) is 1.73. The van der Waals surface area contributed by atoms with Gasteiger partial charge in [0, 0.05) is 0 Å². The van der Waals surface area contributed by atoms with Crippen LogP contribution in [0.1, 0.15) is 26.3 Å². The molecule has 92 valence electrons. The molecule has 1 aromatic carbocycles. The average Bonchev–Trinajstić information content (AvgIpc) is 1.99. The molecule has 0 saturated carbocycles. The minimum Gasteiger partial charge on any atom is -0.508 e. The molecule has 0 spiro atoms. The summed E-state index contributed by atoms with van der Waals surface area (Å²) >= 11 is 0. The van der Waals surface area contributed by atoms with Crippen molar-refractivity contribution in [2.75, 3.05) is 0 Å². The quantitative estimate of drug-likeness (QED) is 0.524. The van der Waals surface area contributed by atoms with Gasteiger partial charge in [-0.15, -0.1) is 0 Å². The van der Waals surface area contributed by atoms with E-state index >= 15 is 0 Å². The predicted molar refractivity (Wildman–Crippen MR) is 61.1 cm³/mol. The van der Waals surface area contributed by atoms with Crippen LogP contribution in [0, 0.1) is 0 Å². The van der Waals surface area contributed by atoms with Crippen LogP contribution in [-0.2, 0) is 9.98 Å². The van der Waals surface area contributed by atoms with Crippen molar-refractivity contribution in [1.29, 1.82) is 0 Å². The van der Waals surface area contributed by atoms with E-state index < -0.39 is 7.82 Å². The van der Waals surface area contributed by atoms with E-state index in [1.165, 1.54) is 5.56 Å². The largest absolute Gasteiger partial charge is 0.508 e. The van der Waals surface area contributed by atoms with Crippen molar-refractivity contribution in [3.8, 4) is 5.75 Å².